The maximum Gasteiger partial charge on any atom is 0.315 e. The summed E-state index contributed by atoms with van der Waals surface area (Å²) in [5, 5.41) is 18.0. The summed E-state index contributed by atoms with van der Waals surface area (Å²) in [6, 6.07) is -0.659. The summed E-state index contributed by atoms with van der Waals surface area (Å²) < 4.78 is 4.88. The highest BCUT2D eigenvalue weighted by atomic mass is 16.5. The Morgan fingerprint density at radius 3 is 2.72 bits per heavy atom. The second-order valence-corrected chi connectivity index (χ2v) is 4.16. The number of aromatic nitrogens is 2. The molecule has 102 valence electrons. The molecular formula is C11H20N4O3. The number of carbonyl (C=O) groups is 1. The Morgan fingerprint density at radius 2 is 2.22 bits per heavy atom. The predicted octanol–water partition coefficient (Wildman–Crippen LogP) is 0.899. The van der Waals surface area contributed by atoms with Crippen molar-refractivity contribution in [2.45, 2.75) is 45.7 Å². The van der Waals surface area contributed by atoms with Gasteiger partial charge >= 0.3 is 6.03 Å². The van der Waals surface area contributed by atoms with E-state index < -0.39 is 0 Å². The van der Waals surface area contributed by atoms with E-state index in [0.29, 0.717) is 24.6 Å². The van der Waals surface area contributed by atoms with Crippen molar-refractivity contribution in [1.82, 2.24) is 20.8 Å². The Kier molecular flexibility index (Phi) is 5.57. The predicted molar refractivity (Wildman–Crippen MR) is 64.9 cm³/mol. The fourth-order valence-electron chi connectivity index (χ4n) is 1.50. The van der Waals surface area contributed by atoms with Gasteiger partial charge in [-0.1, -0.05) is 12.1 Å². The first-order valence-corrected chi connectivity index (χ1v) is 6.04. The molecule has 0 radical (unpaired) electrons. The highest BCUT2D eigenvalue weighted by Crippen LogP contribution is 2.12. The van der Waals surface area contributed by atoms with Gasteiger partial charge < -0.3 is 20.3 Å². The van der Waals surface area contributed by atoms with E-state index in [4.69, 9.17) is 9.63 Å². The number of carbonyl (C=O) groups excluding carboxylic acids is 1. The third-order valence-corrected chi connectivity index (χ3v) is 2.51. The van der Waals surface area contributed by atoms with Crippen LogP contribution in [-0.2, 0) is 0 Å². The van der Waals surface area contributed by atoms with Crippen LogP contribution in [0.25, 0.3) is 0 Å². The van der Waals surface area contributed by atoms with Crippen LogP contribution in [-0.4, -0.2) is 33.9 Å². The molecule has 0 saturated heterocycles. The minimum atomic E-state index is -0.301. The molecule has 0 aliphatic rings. The number of hydrogen-bond donors (Lipinski definition) is 3. The van der Waals surface area contributed by atoms with Crippen LogP contribution in [0.3, 0.4) is 0 Å². The smallest absolute Gasteiger partial charge is 0.315 e. The quantitative estimate of drug-likeness (QED) is 0.702. The third kappa shape index (κ3) is 4.33. The molecule has 2 atom stereocenters. The van der Waals surface area contributed by atoms with E-state index in [2.05, 4.69) is 20.8 Å². The summed E-state index contributed by atoms with van der Waals surface area (Å²) in [5.41, 5.74) is 0. The van der Waals surface area contributed by atoms with Gasteiger partial charge in [0.05, 0.1) is 6.04 Å². The first-order valence-electron chi connectivity index (χ1n) is 6.04. The number of nitrogens with zero attached hydrogens (tertiary/aromatic N) is 2. The first-order chi connectivity index (χ1) is 8.56. The van der Waals surface area contributed by atoms with Crippen LogP contribution in [0.4, 0.5) is 4.79 Å². The highest BCUT2D eigenvalue weighted by Gasteiger charge is 2.18. The maximum atomic E-state index is 11.7. The lowest BCUT2D eigenvalue weighted by Gasteiger charge is -2.17. The van der Waals surface area contributed by atoms with E-state index in [0.717, 1.165) is 0 Å². The third-order valence-electron chi connectivity index (χ3n) is 2.51. The fraction of sp³-hybridized carbons (Fsp3) is 0.727. The number of urea groups is 1. The molecule has 1 heterocycles. The van der Waals surface area contributed by atoms with Crippen molar-refractivity contribution in [2.75, 3.05) is 6.61 Å². The largest absolute Gasteiger partial charge is 0.396 e. The van der Waals surface area contributed by atoms with Crippen LogP contribution >= 0.6 is 0 Å². The van der Waals surface area contributed by atoms with Crippen molar-refractivity contribution >= 4 is 6.03 Å². The topological polar surface area (TPSA) is 100 Å². The van der Waals surface area contributed by atoms with E-state index in [9.17, 15) is 4.79 Å². The molecule has 1 aromatic heterocycles. The minimum absolute atomic E-state index is 0.0443. The molecule has 0 bridgehead atoms. The molecule has 7 heteroatoms. The fourth-order valence-corrected chi connectivity index (χ4v) is 1.50. The molecule has 2 amide bonds. The lowest BCUT2D eigenvalue weighted by atomic mass is 10.2. The zero-order valence-electron chi connectivity index (χ0n) is 10.9. The van der Waals surface area contributed by atoms with Crippen LogP contribution in [0.2, 0.25) is 0 Å². The number of aryl methyl sites for hydroxylation is 1. The van der Waals surface area contributed by atoms with Gasteiger partial charge in [0.1, 0.15) is 0 Å². The maximum absolute atomic E-state index is 11.7. The molecule has 0 aliphatic carbocycles. The average molecular weight is 256 g/mol. The van der Waals surface area contributed by atoms with Gasteiger partial charge in [0, 0.05) is 19.6 Å². The molecule has 18 heavy (non-hydrogen) atoms. The van der Waals surface area contributed by atoms with Crippen molar-refractivity contribution in [3.05, 3.63) is 11.7 Å². The lowest BCUT2D eigenvalue weighted by molar-refractivity contribution is 0.226. The molecule has 0 aromatic carbocycles. The SMILES string of the molecule is CCC(NC(=O)N[C@H](C)CCO)c1noc(C)n1. The first kappa shape index (κ1) is 14.4. The Morgan fingerprint density at radius 1 is 1.50 bits per heavy atom. The van der Waals surface area contributed by atoms with Gasteiger partial charge in [0.25, 0.3) is 0 Å². The zero-order valence-corrected chi connectivity index (χ0v) is 10.9. The second-order valence-electron chi connectivity index (χ2n) is 4.16. The van der Waals surface area contributed by atoms with E-state index in [-0.39, 0.29) is 24.7 Å². The number of amides is 2. The summed E-state index contributed by atoms with van der Waals surface area (Å²) in [6.07, 6.45) is 1.19. The van der Waals surface area contributed by atoms with Crippen LogP contribution < -0.4 is 10.6 Å². The molecule has 3 N–H and O–H groups in total. The van der Waals surface area contributed by atoms with Gasteiger partial charge in [0.15, 0.2) is 5.82 Å². The van der Waals surface area contributed by atoms with Gasteiger partial charge in [-0.25, -0.2) is 4.79 Å². The van der Waals surface area contributed by atoms with Crippen molar-refractivity contribution in [3.8, 4) is 0 Å². The Labute approximate surface area is 106 Å². The standard InChI is InChI=1S/C11H20N4O3/c1-4-9(10-13-8(3)18-15-10)14-11(17)12-7(2)5-6-16/h7,9,16H,4-6H2,1-3H3,(H2,12,14,17)/t7-,9?/m1/s1. The van der Waals surface area contributed by atoms with Crippen molar-refractivity contribution in [1.29, 1.82) is 0 Å². The zero-order chi connectivity index (χ0) is 13.5. The summed E-state index contributed by atoms with van der Waals surface area (Å²) >= 11 is 0. The average Bonchev–Trinajstić information content (AvgIpc) is 2.72. The summed E-state index contributed by atoms with van der Waals surface area (Å²) in [5.74, 6) is 0.944. The normalized spacial score (nSPS) is 14.0. The van der Waals surface area contributed by atoms with Gasteiger partial charge in [-0.05, 0) is 19.8 Å². The molecule has 1 aromatic rings. The number of hydrogen-bond acceptors (Lipinski definition) is 5. The van der Waals surface area contributed by atoms with Gasteiger partial charge in [0.2, 0.25) is 5.89 Å². The van der Waals surface area contributed by atoms with Crippen LogP contribution in [0.1, 0.15) is 44.4 Å². The van der Waals surface area contributed by atoms with E-state index >= 15 is 0 Å². The highest BCUT2D eigenvalue weighted by molar-refractivity contribution is 5.74. The molecule has 0 spiro atoms. The number of aliphatic hydroxyl groups excluding tert-OH is 1. The Hall–Kier alpha value is -1.63. The molecule has 0 aliphatic heterocycles. The molecule has 1 unspecified atom stereocenters. The summed E-state index contributed by atoms with van der Waals surface area (Å²) in [4.78, 5) is 15.8. The molecular weight excluding hydrogens is 236 g/mol. The molecule has 7 nitrogen and oxygen atoms in total. The Bertz CT molecular complexity index is 380. The lowest BCUT2D eigenvalue weighted by Crippen LogP contribution is -2.42. The van der Waals surface area contributed by atoms with Crippen LogP contribution in [0.15, 0.2) is 4.52 Å². The summed E-state index contributed by atoms with van der Waals surface area (Å²) in [7, 11) is 0. The molecule has 0 saturated carbocycles. The summed E-state index contributed by atoms with van der Waals surface area (Å²) in [6.45, 7) is 5.50. The second kappa shape index (κ2) is 6.95. The molecule has 0 fully saturated rings. The van der Waals surface area contributed by atoms with Gasteiger partial charge in [-0.15, -0.1) is 0 Å². The monoisotopic (exact) mass is 256 g/mol. The van der Waals surface area contributed by atoms with Gasteiger partial charge in [-0.3, -0.25) is 0 Å². The van der Waals surface area contributed by atoms with E-state index in [1.807, 2.05) is 13.8 Å². The number of rotatable bonds is 6. The number of nitrogens with one attached hydrogen (secondary N) is 2. The van der Waals surface area contributed by atoms with E-state index in [1.165, 1.54) is 0 Å². The van der Waals surface area contributed by atoms with Crippen molar-refractivity contribution in [3.63, 3.8) is 0 Å². The molecule has 1 rings (SSSR count). The number of aliphatic hydroxyl groups is 1. The van der Waals surface area contributed by atoms with Crippen LogP contribution in [0.5, 0.6) is 0 Å². The van der Waals surface area contributed by atoms with E-state index in [1.54, 1.807) is 6.92 Å². The van der Waals surface area contributed by atoms with Gasteiger partial charge in [-0.2, -0.15) is 4.98 Å². The minimum Gasteiger partial charge on any atom is -0.396 e. The van der Waals surface area contributed by atoms with Crippen molar-refractivity contribution in [2.24, 2.45) is 0 Å². The van der Waals surface area contributed by atoms with Crippen LogP contribution in [0, 0.1) is 6.92 Å². The van der Waals surface area contributed by atoms with Crippen molar-refractivity contribution < 1.29 is 14.4 Å². The Balaban J connectivity index is 2.50.